The number of aromatic nitrogens is 2. The van der Waals surface area contributed by atoms with Gasteiger partial charge in [-0.2, -0.15) is 0 Å². The number of para-hydroxylation sites is 1. The molecule has 7 heteroatoms. The van der Waals surface area contributed by atoms with Crippen molar-refractivity contribution in [3.05, 3.63) is 100 Å². The Bertz CT molecular complexity index is 1370. The molecule has 0 unspecified atom stereocenters. The van der Waals surface area contributed by atoms with Crippen molar-refractivity contribution in [3.63, 3.8) is 0 Å². The molecule has 0 aliphatic carbocycles. The summed E-state index contributed by atoms with van der Waals surface area (Å²) in [7, 11) is 0. The maximum Gasteiger partial charge on any atom is 0.265 e. The fourth-order valence-electron chi connectivity index (χ4n) is 4.30. The van der Waals surface area contributed by atoms with E-state index in [0.717, 1.165) is 5.69 Å². The molecule has 1 fully saturated rings. The quantitative estimate of drug-likeness (QED) is 0.484. The van der Waals surface area contributed by atoms with E-state index >= 15 is 0 Å². The number of nitrogens with zero attached hydrogens (tertiary/aromatic N) is 4. The summed E-state index contributed by atoms with van der Waals surface area (Å²) in [5.74, 6) is 0.295. The van der Waals surface area contributed by atoms with E-state index in [4.69, 9.17) is 0 Å². The molecule has 0 saturated carbocycles. The van der Waals surface area contributed by atoms with E-state index < -0.39 is 0 Å². The van der Waals surface area contributed by atoms with Crippen LogP contribution in [0.3, 0.4) is 0 Å². The van der Waals surface area contributed by atoms with Crippen molar-refractivity contribution in [2.24, 2.45) is 0 Å². The van der Waals surface area contributed by atoms with Gasteiger partial charge in [-0.1, -0.05) is 12.1 Å². The lowest BCUT2D eigenvalue weighted by molar-refractivity contribution is 0.0747. The molecule has 0 radical (unpaired) electrons. The van der Waals surface area contributed by atoms with Crippen LogP contribution in [0.1, 0.15) is 16.2 Å². The number of anilines is 1. The minimum absolute atomic E-state index is 0.0407. The maximum atomic E-state index is 13.2. The minimum Gasteiger partial charge on any atom is -0.368 e. The smallest absolute Gasteiger partial charge is 0.265 e. The highest BCUT2D eigenvalue weighted by Gasteiger charge is 2.22. The van der Waals surface area contributed by atoms with Crippen LogP contribution in [-0.2, 0) is 0 Å². The second-order valence-corrected chi connectivity index (χ2v) is 8.12. The molecule has 1 aromatic heterocycles. The Hall–Kier alpha value is -4.00. The Labute approximate surface area is 190 Å². The first-order chi connectivity index (χ1) is 16.0. The Morgan fingerprint density at radius 3 is 2.18 bits per heavy atom. The van der Waals surface area contributed by atoms with Crippen molar-refractivity contribution in [3.8, 4) is 5.69 Å². The molecule has 0 N–H and O–H groups in total. The molecule has 6 nitrogen and oxygen atoms in total. The Morgan fingerprint density at radius 1 is 0.848 bits per heavy atom. The first-order valence-corrected chi connectivity index (χ1v) is 10.9. The van der Waals surface area contributed by atoms with Gasteiger partial charge in [0.25, 0.3) is 11.5 Å². The highest BCUT2D eigenvalue weighted by atomic mass is 19.1. The fourth-order valence-corrected chi connectivity index (χ4v) is 4.30. The van der Waals surface area contributed by atoms with Gasteiger partial charge in [0.15, 0.2) is 0 Å². The van der Waals surface area contributed by atoms with Gasteiger partial charge in [-0.25, -0.2) is 9.37 Å². The molecule has 33 heavy (non-hydrogen) atoms. The number of halogens is 1. The zero-order chi connectivity index (χ0) is 22.9. The number of hydrogen-bond acceptors (Lipinski definition) is 4. The zero-order valence-electron chi connectivity index (χ0n) is 18.2. The van der Waals surface area contributed by atoms with Crippen LogP contribution in [0.15, 0.2) is 77.6 Å². The number of piperazine rings is 1. The number of amides is 1. The minimum atomic E-state index is -0.257. The van der Waals surface area contributed by atoms with Crippen LogP contribution in [0, 0.1) is 12.7 Å². The molecular weight excluding hydrogens is 419 g/mol. The van der Waals surface area contributed by atoms with Crippen molar-refractivity contribution in [1.82, 2.24) is 14.5 Å². The summed E-state index contributed by atoms with van der Waals surface area (Å²) in [6, 6.07) is 20.8. The predicted molar refractivity (Wildman–Crippen MR) is 127 cm³/mol. The van der Waals surface area contributed by atoms with Gasteiger partial charge in [-0.15, -0.1) is 0 Å². The molecule has 0 spiro atoms. The van der Waals surface area contributed by atoms with Gasteiger partial charge in [0.05, 0.1) is 16.6 Å². The summed E-state index contributed by atoms with van der Waals surface area (Å²) in [5.41, 5.74) is 2.75. The maximum absolute atomic E-state index is 13.2. The molecule has 166 valence electrons. The Morgan fingerprint density at radius 2 is 1.48 bits per heavy atom. The summed E-state index contributed by atoms with van der Waals surface area (Å²) < 4.78 is 14.7. The van der Waals surface area contributed by atoms with Crippen molar-refractivity contribution in [1.29, 1.82) is 0 Å². The van der Waals surface area contributed by atoms with Gasteiger partial charge < -0.3 is 9.80 Å². The van der Waals surface area contributed by atoms with E-state index in [9.17, 15) is 14.0 Å². The van der Waals surface area contributed by atoms with E-state index in [0.29, 0.717) is 54.2 Å². The van der Waals surface area contributed by atoms with Crippen molar-refractivity contribution in [2.75, 3.05) is 31.1 Å². The number of carbonyl (C=O) groups excluding carboxylic acids is 1. The van der Waals surface area contributed by atoms with Crippen LogP contribution in [0.4, 0.5) is 10.1 Å². The molecule has 1 aliphatic rings. The molecular formula is C26H23FN4O2. The van der Waals surface area contributed by atoms with Gasteiger partial charge in [0.2, 0.25) is 0 Å². The van der Waals surface area contributed by atoms with Crippen molar-refractivity contribution < 1.29 is 9.18 Å². The number of carbonyl (C=O) groups is 1. The van der Waals surface area contributed by atoms with Gasteiger partial charge in [0, 0.05) is 37.4 Å². The second kappa shape index (κ2) is 8.50. The normalized spacial score (nSPS) is 14.0. The number of benzene rings is 3. The third-order valence-electron chi connectivity index (χ3n) is 6.07. The molecule has 2 heterocycles. The standard InChI is InChI=1S/C26H23FN4O2/c1-18-28-24-5-3-2-4-23(24)26(33)31(18)22-10-6-19(7-11-22)25(32)30-16-14-29(15-17-30)21-12-8-20(27)9-13-21/h2-13H,14-17H2,1H3. The lowest BCUT2D eigenvalue weighted by atomic mass is 10.1. The van der Waals surface area contributed by atoms with Crippen molar-refractivity contribution >= 4 is 22.5 Å². The van der Waals surface area contributed by atoms with E-state index in [2.05, 4.69) is 9.88 Å². The molecule has 0 atom stereocenters. The van der Waals surface area contributed by atoms with E-state index in [-0.39, 0.29) is 17.3 Å². The molecule has 1 saturated heterocycles. The monoisotopic (exact) mass is 442 g/mol. The van der Waals surface area contributed by atoms with Crippen LogP contribution in [-0.4, -0.2) is 46.5 Å². The van der Waals surface area contributed by atoms with Crippen LogP contribution in [0.25, 0.3) is 16.6 Å². The number of aryl methyl sites for hydroxylation is 1. The van der Waals surface area contributed by atoms with Crippen LogP contribution in [0.2, 0.25) is 0 Å². The third-order valence-corrected chi connectivity index (χ3v) is 6.07. The summed E-state index contributed by atoms with van der Waals surface area (Å²) in [6.45, 7) is 4.35. The molecule has 1 aliphatic heterocycles. The van der Waals surface area contributed by atoms with E-state index in [1.807, 2.05) is 23.1 Å². The molecule has 4 aromatic rings. The van der Waals surface area contributed by atoms with Crippen LogP contribution in [0.5, 0.6) is 0 Å². The third kappa shape index (κ3) is 3.98. The fraction of sp³-hybridized carbons (Fsp3) is 0.192. The van der Waals surface area contributed by atoms with Gasteiger partial charge in [-0.05, 0) is 67.6 Å². The molecule has 0 bridgehead atoms. The van der Waals surface area contributed by atoms with Gasteiger partial charge in [0.1, 0.15) is 11.6 Å². The average Bonchev–Trinajstić information content (AvgIpc) is 2.85. The Balaban J connectivity index is 1.32. The highest BCUT2D eigenvalue weighted by molar-refractivity contribution is 5.94. The molecule has 3 aromatic carbocycles. The van der Waals surface area contributed by atoms with Gasteiger partial charge in [-0.3, -0.25) is 14.2 Å². The number of hydrogen-bond donors (Lipinski definition) is 0. The summed E-state index contributed by atoms with van der Waals surface area (Å²) in [5, 5.41) is 0.558. The molecule has 1 amide bonds. The van der Waals surface area contributed by atoms with Gasteiger partial charge >= 0.3 is 0 Å². The summed E-state index contributed by atoms with van der Waals surface area (Å²) >= 11 is 0. The zero-order valence-corrected chi connectivity index (χ0v) is 18.2. The summed E-state index contributed by atoms with van der Waals surface area (Å²) in [6.07, 6.45) is 0. The molecule has 5 rings (SSSR count). The SMILES string of the molecule is Cc1nc2ccccc2c(=O)n1-c1ccc(C(=O)N2CCN(c3ccc(F)cc3)CC2)cc1. The lowest BCUT2D eigenvalue weighted by Gasteiger charge is -2.36. The number of fused-ring (bicyclic) bond motifs is 1. The Kier molecular flexibility index (Phi) is 5.38. The highest BCUT2D eigenvalue weighted by Crippen LogP contribution is 2.19. The number of rotatable bonds is 3. The first-order valence-electron chi connectivity index (χ1n) is 10.9. The van der Waals surface area contributed by atoms with E-state index in [1.165, 1.54) is 12.1 Å². The van der Waals surface area contributed by atoms with Crippen LogP contribution >= 0.6 is 0 Å². The second-order valence-electron chi connectivity index (χ2n) is 8.12. The average molecular weight is 442 g/mol. The van der Waals surface area contributed by atoms with E-state index in [1.54, 1.807) is 54.0 Å². The summed E-state index contributed by atoms with van der Waals surface area (Å²) in [4.78, 5) is 34.5. The topological polar surface area (TPSA) is 58.4 Å². The lowest BCUT2D eigenvalue weighted by Crippen LogP contribution is -2.48. The van der Waals surface area contributed by atoms with Crippen LogP contribution < -0.4 is 10.5 Å². The van der Waals surface area contributed by atoms with Crippen molar-refractivity contribution in [2.45, 2.75) is 6.92 Å². The largest absolute Gasteiger partial charge is 0.368 e. The predicted octanol–water partition coefficient (Wildman–Crippen LogP) is 3.80. The first kappa shape index (κ1) is 20.9.